The number of hydrogen-bond acceptors (Lipinski definition) is 5. The molecule has 0 saturated carbocycles. The van der Waals surface area contributed by atoms with Crippen LogP contribution in [0.3, 0.4) is 0 Å². The second kappa shape index (κ2) is 19.7. The highest BCUT2D eigenvalue weighted by atomic mass is 32.2. The minimum atomic E-state index is -0.966. The summed E-state index contributed by atoms with van der Waals surface area (Å²) in [6, 6.07) is 14.3. The summed E-state index contributed by atoms with van der Waals surface area (Å²) in [5.74, 6) is -0.228. The van der Waals surface area contributed by atoms with E-state index < -0.39 is 18.2 Å². The first-order valence-corrected chi connectivity index (χ1v) is 17.9. The Morgan fingerprint density at radius 2 is 1.48 bits per heavy atom. The number of anilines is 1. The van der Waals surface area contributed by atoms with Gasteiger partial charge in [-0.05, 0) is 51.0 Å². The molecule has 44 heavy (non-hydrogen) atoms. The normalized spacial score (nSPS) is 15.8. The quantitative estimate of drug-likeness (QED) is 0.124. The minimum Gasteiger partial charge on any atom is -0.465 e. The van der Waals surface area contributed by atoms with Crippen molar-refractivity contribution in [1.82, 2.24) is 4.90 Å². The maximum absolute atomic E-state index is 12.7. The van der Waals surface area contributed by atoms with Gasteiger partial charge in [0.15, 0.2) is 0 Å². The van der Waals surface area contributed by atoms with Gasteiger partial charge in [0.05, 0.1) is 11.7 Å². The lowest BCUT2D eigenvalue weighted by Crippen LogP contribution is -2.59. The monoisotopic (exact) mass is 624 g/mol. The zero-order valence-electron chi connectivity index (χ0n) is 27.7. The van der Waals surface area contributed by atoms with Gasteiger partial charge in [-0.2, -0.15) is 0 Å². The maximum atomic E-state index is 12.7. The number of unbranched alkanes of at least 4 members (excludes halogenated alkanes) is 12. The van der Waals surface area contributed by atoms with Crippen molar-refractivity contribution in [2.24, 2.45) is 0 Å². The Morgan fingerprint density at radius 3 is 2.09 bits per heavy atom. The Labute approximate surface area is 270 Å². The van der Waals surface area contributed by atoms with E-state index in [2.05, 4.69) is 56.0 Å². The lowest BCUT2D eigenvalue weighted by atomic mass is 10.0. The van der Waals surface area contributed by atoms with Crippen LogP contribution in [0.4, 0.5) is 10.5 Å². The Balaban J connectivity index is 1.44. The third-order valence-electron chi connectivity index (χ3n) is 8.76. The first kappa shape index (κ1) is 35.8. The van der Waals surface area contributed by atoms with Crippen LogP contribution >= 0.6 is 11.8 Å². The van der Waals surface area contributed by atoms with Crippen molar-refractivity contribution in [3.05, 3.63) is 53.6 Å². The summed E-state index contributed by atoms with van der Waals surface area (Å²) >= 11 is 1.74. The Kier molecular flexibility index (Phi) is 16.0. The number of aryl methyl sites for hydroxylation is 2. The van der Waals surface area contributed by atoms with Gasteiger partial charge in [-0.25, -0.2) is 4.79 Å². The zero-order chi connectivity index (χ0) is 31.7. The number of para-hydroxylation sites is 1. The molecule has 1 fully saturated rings. The topological polar surface area (TPSA) is 70.1 Å². The van der Waals surface area contributed by atoms with Gasteiger partial charge in [0.2, 0.25) is 0 Å². The second-order valence-electron chi connectivity index (χ2n) is 12.5. The zero-order valence-corrected chi connectivity index (χ0v) is 28.5. The summed E-state index contributed by atoms with van der Waals surface area (Å²) in [4.78, 5) is 30.9. The van der Waals surface area contributed by atoms with E-state index in [0.29, 0.717) is 26.1 Å². The molecule has 6 nitrogen and oxygen atoms in total. The van der Waals surface area contributed by atoms with E-state index in [1.165, 1.54) is 85.1 Å². The van der Waals surface area contributed by atoms with E-state index in [1.54, 1.807) is 11.8 Å². The molecule has 7 heteroatoms. The smallest absolute Gasteiger partial charge is 0.407 e. The van der Waals surface area contributed by atoms with Gasteiger partial charge >= 0.3 is 12.1 Å². The number of ether oxygens (including phenoxy) is 1. The van der Waals surface area contributed by atoms with Gasteiger partial charge in [0, 0.05) is 35.8 Å². The van der Waals surface area contributed by atoms with E-state index in [1.807, 2.05) is 19.1 Å². The van der Waals surface area contributed by atoms with Crippen LogP contribution in [-0.2, 0) is 9.53 Å². The van der Waals surface area contributed by atoms with E-state index in [-0.39, 0.29) is 5.97 Å². The van der Waals surface area contributed by atoms with Gasteiger partial charge in [-0.3, -0.25) is 9.69 Å². The molecule has 0 aliphatic carbocycles. The number of nitrogens with zero attached hydrogens (tertiary/aromatic N) is 2. The lowest BCUT2D eigenvalue weighted by Gasteiger charge is -2.43. The molecule has 1 N–H and O–H groups in total. The number of carboxylic acid groups (broad SMARTS) is 1. The van der Waals surface area contributed by atoms with Gasteiger partial charge in [0.25, 0.3) is 0 Å². The summed E-state index contributed by atoms with van der Waals surface area (Å²) in [7, 11) is 0. The van der Waals surface area contributed by atoms with Crippen molar-refractivity contribution < 1.29 is 19.4 Å². The third kappa shape index (κ3) is 12.0. The van der Waals surface area contributed by atoms with Crippen LogP contribution in [0.1, 0.15) is 115 Å². The number of piperazine rings is 1. The highest BCUT2D eigenvalue weighted by Crippen LogP contribution is 2.38. The number of benzene rings is 2. The number of amides is 1. The molecule has 1 saturated heterocycles. The highest BCUT2D eigenvalue weighted by molar-refractivity contribution is 7.99. The van der Waals surface area contributed by atoms with Crippen LogP contribution in [0.25, 0.3) is 0 Å². The molecule has 1 heterocycles. The van der Waals surface area contributed by atoms with E-state index in [4.69, 9.17) is 4.74 Å². The molecule has 2 aromatic carbocycles. The van der Waals surface area contributed by atoms with Gasteiger partial charge in [-0.15, -0.1) is 0 Å². The van der Waals surface area contributed by atoms with Gasteiger partial charge < -0.3 is 14.7 Å². The summed E-state index contributed by atoms with van der Waals surface area (Å²) in [6.45, 7) is 9.76. The molecule has 0 aromatic heterocycles. The Bertz CT molecular complexity index is 1160. The maximum Gasteiger partial charge on any atom is 0.407 e. The van der Waals surface area contributed by atoms with Gasteiger partial charge in [-0.1, -0.05) is 126 Å². The van der Waals surface area contributed by atoms with Crippen molar-refractivity contribution >= 4 is 29.5 Å². The van der Waals surface area contributed by atoms with E-state index in [9.17, 15) is 14.7 Å². The van der Waals surface area contributed by atoms with Gasteiger partial charge in [0.1, 0.15) is 6.10 Å². The molecule has 0 bridgehead atoms. The molecule has 1 amide bonds. The predicted molar refractivity (Wildman–Crippen MR) is 183 cm³/mol. The van der Waals surface area contributed by atoms with E-state index >= 15 is 0 Å². The van der Waals surface area contributed by atoms with Crippen LogP contribution in [0.2, 0.25) is 0 Å². The van der Waals surface area contributed by atoms with Crippen LogP contribution in [0.5, 0.6) is 0 Å². The lowest BCUT2D eigenvalue weighted by molar-refractivity contribution is -0.151. The highest BCUT2D eigenvalue weighted by Gasteiger charge is 2.36. The van der Waals surface area contributed by atoms with Crippen molar-refractivity contribution in [2.45, 2.75) is 140 Å². The number of hydrogen-bond donors (Lipinski definition) is 1. The molecule has 2 unspecified atom stereocenters. The molecule has 1 aliphatic heterocycles. The summed E-state index contributed by atoms with van der Waals surface area (Å²) < 4.78 is 5.84. The molecule has 3 rings (SSSR count). The summed E-state index contributed by atoms with van der Waals surface area (Å²) in [6.07, 6.45) is 15.3. The van der Waals surface area contributed by atoms with Crippen molar-refractivity contribution in [1.29, 1.82) is 0 Å². The fourth-order valence-electron chi connectivity index (χ4n) is 6.14. The molecule has 2 aromatic rings. The van der Waals surface area contributed by atoms with Crippen LogP contribution < -0.4 is 4.90 Å². The first-order valence-electron chi connectivity index (χ1n) is 17.1. The fraction of sp³-hybridized carbons (Fsp3) is 0.622. The number of carbonyl (C=O) groups excluding carboxylic acids is 1. The number of rotatable bonds is 19. The molecule has 244 valence electrons. The SMILES string of the molecule is CCCCCCCCCCCCCCCC(=O)OC(C)C1CN(c2ccccc2Sc2ccc(C)cc2C)CCN1C(=O)O. The Morgan fingerprint density at radius 1 is 0.864 bits per heavy atom. The number of carbonyl (C=O) groups is 2. The van der Waals surface area contributed by atoms with E-state index in [0.717, 1.165) is 29.8 Å². The predicted octanol–water partition coefficient (Wildman–Crippen LogP) is 10.0. The van der Waals surface area contributed by atoms with Crippen LogP contribution in [0, 0.1) is 13.8 Å². The fourth-order valence-corrected chi connectivity index (χ4v) is 7.18. The molecule has 1 aliphatic rings. The average molecular weight is 625 g/mol. The molecule has 0 spiro atoms. The van der Waals surface area contributed by atoms with Crippen molar-refractivity contribution in [2.75, 3.05) is 24.5 Å². The molecular formula is C37H56N2O4S. The minimum absolute atomic E-state index is 0.228. The Hall–Kier alpha value is -2.67. The first-order chi connectivity index (χ1) is 21.3. The van der Waals surface area contributed by atoms with Crippen LogP contribution in [-0.4, -0.2) is 53.8 Å². The second-order valence-corrected chi connectivity index (χ2v) is 13.6. The van der Waals surface area contributed by atoms with Crippen LogP contribution in [0.15, 0.2) is 52.3 Å². The summed E-state index contributed by atoms with van der Waals surface area (Å²) in [5.41, 5.74) is 3.56. The number of esters is 1. The largest absolute Gasteiger partial charge is 0.465 e. The molecule has 2 atom stereocenters. The van der Waals surface area contributed by atoms with Crippen molar-refractivity contribution in [3.8, 4) is 0 Å². The summed E-state index contributed by atoms with van der Waals surface area (Å²) in [5, 5.41) is 9.95. The molecular weight excluding hydrogens is 568 g/mol. The average Bonchev–Trinajstić information content (AvgIpc) is 3.00. The van der Waals surface area contributed by atoms with Crippen molar-refractivity contribution in [3.63, 3.8) is 0 Å². The standard InChI is InChI=1S/C37H56N2O4S/c1-5-6-7-8-9-10-11-12-13-14-15-16-17-22-36(40)43-31(4)33-28-38(25-26-39(33)37(41)42)32-20-18-19-21-35(32)44-34-24-23-29(2)27-30(34)3/h18-21,23-24,27,31,33H,5-17,22,25-26,28H2,1-4H3,(H,41,42). The third-order valence-corrected chi connectivity index (χ3v) is 10.0. The molecule has 0 radical (unpaired) electrons.